The Kier molecular flexibility index (Phi) is 3.72. The van der Waals surface area contributed by atoms with E-state index in [-0.39, 0.29) is 12.1 Å². The maximum atomic E-state index is 12.3. The van der Waals surface area contributed by atoms with Gasteiger partial charge in [0.05, 0.1) is 5.39 Å². The van der Waals surface area contributed by atoms with Crippen molar-refractivity contribution < 1.29 is 4.79 Å². The third-order valence-corrected chi connectivity index (χ3v) is 4.36. The average Bonchev–Trinajstić information content (AvgIpc) is 2.75. The molecule has 2 rings (SSSR count). The van der Waals surface area contributed by atoms with Crippen LogP contribution in [0.4, 0.5) is 0 Å². The summed E-state index contributed by atoms with van der Waals surface area (Å²) >= 11 is 2.85. The Hall–Kier alpha value is -1.34. The summed E-state index contributed by atoms with van der Waals surface area (Å²) in [4.78, 5) is 29.5. The molecule has 2 heterocycles. The Morgan fingerprint density at radius 2 is 2.33 bits per heavy atom. The minimum Gasteiger partial charge on any atom is -0.368 e. The summed E-state index contributed by atoms with van der Waals surface area (Å²) in [5, 5.41) is 1.09. The second-order valence-corrected chi connectivity index (χ2v) is 5.63. The fourth-order valence-electron chi connectivity index (χ4n) is 1.67. The molecule has 2 aromatic heterocycles. The molecule has 0 atom stereocenters. The van der Waals surface area contributed by atoms with Crippen LogP contribution in [-0.4, -0.2) is 21.7 Å². The average molecular weight is 283 g/mol. The molecule has 0 aliphatic carbocycles. The molecule has 0 unspecified atom stereocenters. The summed E-state index contributed by atoms with van der Waals surface area (Å²) < 4.78 is 1.33. The first-order valence-electron chi connectivity index (χ1n) is 5.42. The summed E-state index contributed by atoms with van der Waals surface area (Å²) in [6, 6.07) is 1.84. The number of fused-ring (bicyclic) bond motifs is 1. The maximum Gasteiger partial charge on any atom is 0.263 e. The summed E-state index contributed by atoms with van der Waals surface area (Å²) in [6.45, 7) is 1.90. The molecule has 0 aliphatic rings. The second-order valence-electron chi connectivity index (χ2n) is 3.74. The van der Waals surface area contributed by atoms with Crippen molar-refractivity contribution in [1.29, 1.82) is 0 Å². The predicted octanol–water partition coefficient (Wildman–Crippen LogP) is 1.23. The van der Waals surface area contributed by atoms with E-state index in [0.717, 1.165) is 16.1 Å². The normalized spacial score (nSPS) is 11.0. The molecule has 7 heteroatoms. The van der Waals surface area contributed by atoms with Gasteiger partial charge in [0, 0.05) is 4.88 Å². The Balaban J connectivity index is 2.71. The van der Waals surface area contributed by atoms with Gasteiger partial charge < -0.3 is 5.73 Å². The Morgan fingerprint density at radius 1 is 1.61 bits per heavy atom. The highest BCUT2D eigenvalue weighted by Crippen LogP contribution is 2.24. The number of amides is 1. The van der Waals surface area contributed by atoms with E-state index in [9.17, 15) is 9.59 Å². The first-order valence-corrected chi connectivity index (χ1v) is 7.46. The van der Waals surface area contributed by atoms with Gasteiger partial charge in [0.15, 0.2) is 5.16 Å². The lowest BCUT2D eigenvalue weighted by Gasteiger charge is -2.07. The largest absolute Gasteiger partial charge is 0.368 e. The van der Waals surface area contributed by atoms with Gasteiger partial charge in [-0.15, -0.1) is 11.3 Å². The van der Waals surface area contributed by atoms with Gasteiger partial charge in [0.25, 0.3) is 5.56 Å². The van der Waals surface area contributed by atoms with Crippen LogP contribution >= 0.6 is 23.1 Å². The van der Waals surface area contributed by atoms with Crippen molar-refractivity contribution in [1.82, 2.24) is 9.55 Å². The van der Waals surface area contributed by atoms with Crippen molar-refractivity contribution >= 4 is 39.2 Å². The van der Waals surface area contributed by atoms with E-state index in [1.54, 1.807) is 0 Å². The summed E-state index contributed by atoms with van der Waals surface area (Å²) in [5.74, 6) is -0.542. The Morgan fingerprint density at radius 3 is 2.89 bits per heavy atom. The standard InChI is InChI=1S/C11H13N3O2S2/c1-3-6-4-7-9(18-6)13-11(17-2)14(10(7)16)5-8(12)15/h4H,3,5H2,1-2H3,(H2,12,15). The number of aromatic nitrogens is 2. The number of thiophene rings is 1. The first kappa shape index (κ1) is 13.1. The van der Waals surface area contributed by atoms with Gasteiger partial charge in [-0.25, -0.2) is 4.98 Å². The quantitative estimate of drug-likeness (QED) is 0.676. The van der Waals surface area contributed by atoms with E-state index in [0.29, 0.717) is 10.5 Å². The summed E-state index contributed by atoms with van der Waals surface area (Å²) in [7, 11) is 0. The molecule has 0 saturated heterocycles. The predicted molar refractivity (Wildman–Crippen MR) is 74.2 cm³/mol. The van der Waals surface area contributed by atoms with E-state index in [4.69, 9.17) is 5.73 Å². The zero-order chi connectivity index (χ0) is 13.3. The fourth-order valence-corrected chi connectivity index (χ4v) is 3.24. The number of carbonyl (C=O) groups excluding carboxylic acids is 1. The van der Waals surface area contributed by atoms with Crippen LogP contribution in [0.25, 0.3) is 10.2 Å². The molecule has 1 amide bonds. The molecule has 0 bridgehead atoms. The molecule has 5 nitrogen and oxygen atoms in total. The SMILES string of the molecule is CCc1cc2c(=O)n(CC(N)=O)c(SC)nc2s1. The third-order valence-electron chi connectivity index (χ3n) is 2.51. The number of thioether (sulfide) groups is 1. The molecule has 18 heavy (non-hydrogen) atoms. The lowest BCUT2D eigenvalue weighted by Crippen LogP contribution is -2.29. The number of carbonyl (C=O) groups is 1. The van der Waals surface area contributed by atoms with Crippen molar-refractivity contribution in [2.45, 2.75) is 25.0 Å². The zero-order valence-corrected chi connectivity index (χ0v) is 11.7. The van der Waals surface area contributed by atoms with E-state index in [1.165, 1.54) is 27.7 Å². The summed E-state index contributed by atoms with van der Waals surface area (Å²) in [5.41, 5.74) is 4.96. The summed E-state index contributed by atoms with van der Waals surface area (Å²) in [6.07, 6.45) is 2.68. The fraction of sp³-hybridized carbons (Fsp3) is 0.364. The van der Waals surface area contributed by atoms with Gasteiger partial charge in [-0.05, 0) is 18.7 Å². The Bertz CT molecular complexity index is 660. The van der Waals surface area contributed by atoms with Crippen LogP contribution in [0.5, 0.6) is 0 Å². The molecule has 2 N–H and O–H groups in total. The molecular weight excluding hydrogens is 270 g/mol. The molecule has 0 fully saturated rings. The minimum atomic E-state index is -0.542. The molecule has 0 spiro atoms. The van der Waals surface area contributed by atoms with Crippen LogP contribution in [0.3, 0.4) is 0 Å². The van der Waals surface area contributed by atoms with Crippen molar-refractivity contribution in [3.63, 3.8) is 0 Å². The Labute approximate surface area is 112 Å². The van der Waals surface area contributed by atoms with Crippen LogP contribution in [0.2, 0.25) is 0 Å². The molecule has 0 aromatic carbocycles. The lowest BCUT2D eigenvalue weighted by atomic mass is 10.3. The number of primary amides is 1. The van der Waals surface area contributed by atoms with E-state index in [2.05, 4.69) is 4.98 Å². The smallest absolute Gasteiger partial charge is 0.263 e. The number of hydrogen-bond donors (Lipinski definition) is 1. The highest BCUT2D eigenvalue weighted by Gasteiger charge is 2.14. The monoisotopic (exact) mass is 283 g/mol. The highest BCUT2D eigenvalue weighted by atomic mass is 32.2. The molecular formula is C11H13N3O2S2. The highest BCUT2D eigenvalue weighted by molar-refractivity contribution is 7.98. The zero-order valence-electron chi connectivity index (χ0n) is 10.1. The van der Waals surface area contributed by atoms with Crippen LogP contribution in [0.1, 0.15) is 11.8 Å². The second kappa shape index (κ2) is 5.11. The third kappa shape index (κ3) is 2.28. The van der Waals surface area contributed by atoms with Crippen LogP contribution in [-0.2, 0) is 17.8 Å². The number of nitrogens with two attached hydrogens (primary N) is 1. The van der Waals surface area contributed by atoms with E-state index < -0.39 is 5.91 Å². The van der Waals surface area contributed by atoms with Crippen molar-refractivity contribution in [2.24, 2.45) is 5.73 Å². The molecule has 0 saturated carbocycles. The van der Waals surface area contributed by atoms with E-state index in [1.807, 2.05) is 19.2 Å². The van der Waals surface area contributed by atoms with Gasteiger partial charge in [-0.2, -0.15) is 0 Å². The number of rotatable bonds is 4. The lowest BCUT2D eigenvalue weighted by molar-refractivity contribution is -0.118. The molecule has 0 aliphatic heterocycles. The van der Waals surface area contributed by atoms with Gasteiger partial charge >= 0.3 is 0 Å². The van der Waals surface area contributed by atoms with Crippen molar-refractivity contribution in [3.8, 4) is 0 Å². The van der Waals surface area contributed by atoms with Gasteiger partial charge in [0.2, 0.25) is 5.91 Å². The van der Waals surface area contributed by atoms with Crippen LogP contribution in [0.15, 0.2) is 16.0 Å². The molecule has 96 valence electrons. The van der Waals surface area contributed by atoms with E-state index >= 15 is 0 Å². The maximum absolute atomic E-state index is 12.3. The van der Waals surface area contributed by atoms with Gasteiger partial charge in [-0.3, -0.25) is 14.2 Å². The van der Waals surface area contributed by atoms with Crippen LogP contribution < -0.4 is 11.3 Å². The van der Waals surface area contributed by atoms with Crippen molar-refractivity contribution in [2.75, 3.05) is 6.26 Å². The number of aryl methyl sites for hydroxylation is 1. The van der Waals surface area contributed by atoms with Crippen molar-refractivity contribution in [3.05, 3.63) is 21.3 Å². The number of nitrogens with zero attached hydrogens (tertiary/aromatic N) is 2. The van der Waals surface area contributed by atoms with Crippen LogP contribution in [0, 0.1) is 0 Å². The van der Waals surface area contributed by atoms with Gasteiger partial charge in [-0.1, -0.05) is 18.7 Å². The molecule has 2 aromatic rings. The molecule has 0 radical (unpaired) electrons. The first-order chi connectivity index (χ1) is 8.56. The number of hydrogen-bond acceptors (Lipinski definition) is 5. The topological polar surface area (TPSA) is 78.0 Å². The minimum absolute atomic E-state index is 0.130. The van der Waals surface area contributed by atoms with Gasteiger partial charge in [0.1, 0.15) is 11.4 Å².